The van der Waals surface area contributed by atoms with Crippen LogP contribution in [0.5, 0.6) is 5.75 Å². The lowest BCUT2D eigenvalue weighted by Gasteiger charge is -2.28. The van der Waals surface area contributed by atoms with E-state index in [0.717, 1.165) is 39.3 Å². The maximum atomic E-state index is 12.6. The maximum Gasteiger partial charge on any atom is 0.240 e. The topological polar surface area (TPSA) is 66.6 Å². The number of aryl methyl sites for hydroxylation is 2. The number of hydrogen-bond acceptors (Lipinski definition) is 3. The Morgan fingerprint density at radius 1 is 1.00 bits per heavy atom. The van der Waals surface area contributed by atoms with Gasteiger partial charge in [-0.2, -0.15) is 5.10 Å². The molecule has 0 radical (unpaired) electrons. The largest absolute Gasteiger partial charge is 0.507 e. The minimum atomic E-state index is -0.203. The summed E-state index contributed by atoms with van der Waals surface area (Å²) < 4.78 is 2.13. The molecule has 5 nitrogen and oxygen atoms in total. The lowest BCUT2D eigenvalue weighted by Crippen LogP contribution is -2.20. The average molecular weight is 508 g/mol. The standard InChI is InChI=1S/C30H38ClN3O2/c1-19-15-22(20(2)34(19)24-12-10-23(31)11-13-24)18-32-33-27(35)14-9-21-16-25(29(3,4)5)28(36)26(17-21)30(6,7)8/h10-13,15-18,36H,9,14H2,1-8H3,(H,33,35)/b32-18-. The molecule has 6 heteroatoms. The number of halogens is 1. The molecule has 0 bridgehead atoms. The number of hydrazone groups is 1. The predicted molar refractivity (Wildman–Crippen MR) is 150 cm³/mol. The van der Waals surface area contributed by atoms with Crippen LogP contribution in [-0.2, 0) is 22.0 Å². The number of carbonyl (C=O) groups excluding carboxylic acids is 1. The van der Waals surface area contributed by atoms with Crippen LogP contribution >= 0.6 is 11.6 Å². The summed E-state index contributed by atoms with van der Waals surface area (Å²) in [5, 5.41) is 15.8. The molecule has 2 aromatic carbocycles. The van der Waals surface area contributed by atoms with E-state index in [1.165, 1.54) is 0 Å². The summed E-state index contributed by atoms with van der Waals surface area (Å²) in [6, 6.07) is 13.8. The molecule has 36 heavy (non-hydrogen) atoms. The van der Waals surface area contributed by atoms with Gasteiger partial charge in [-0.25, -0.2) is 5.43 Å². The zero-order valence-corrected chi connectivity index (χ0v) is 23.4. The summed E-state index contributed by atoms with van der Waals surface area (Å²) in [6.07, 6.45) is 2.56. The second kappa shape index (κ2) is 10.5. The van der Waals surface area contributed by atoms with Crippen molar-refractivity contribution in [2.75, 3.05) is 0 Å². The van der Waals surface area contributed by atoms with E-state index in [-0.39, 0.29) is 16.7 Å². The van der Waals surface area contributed by atoms with Crippen LogP contribution in [0.3, 0.4) is 0 Å². The highest BCUT2D eigenvalue weighted by Crippen LogP contribution is 2.40. The summed E-state index contributed by atoms with van der Waals surface area (Å²) in [5.41, 5.74) is 9.15. The quantitative estimate of drug-likeness (QED) is 0.275. The fourth-order valence-electron chi connectivity index (χ4n) is 4.38. The molecule has 0 saturated heterocycles. The normalized spacial score (nSPS) is 12.4. The number of hydrogen-bond donors (Lipinski definition) is 2. The number of rotatable bonds is 6. The van der Waals surface area contributed by atoms with Crippen LogP contribution in [0, 0.1) is 13.8 Å². The maximum absolute atomic E-state index is 12.6. The molecule has 0 unspecified atom stereocenters. The molecule has 0 saturated carbocycles. The first-order valence-corrected chi connectivity index (χ1v) is 12.7. The molecule has 0 spiro atoms. The minimum Gasteiger partial charge on any atom is -0.507 e. The fourth-order valence-corrected chi connectivity index (χ4v) is 4.50. The second-order valence-electron chi connectivity index (χ2n) is 11.5. The van der Waals surface area contributed by atoms with Crippen molar-refractivity contribution in [1.29, 1.82) is 0 Å². The van der Waals surface area contributed by atoms with E-state index in [1.807, 2.05) is 56.3 Å². The van der Waals surface area contributed by atoms with Crippen LogP contribution in [0.15, 0.2) is 47.6 Å². The van der Waals surface area contributed by atoms with Gasteiger partial charge in [0.25, 0.3) is 0 Å². The highest BCUT2D eigenvalue weighted by molar-refractivity contribution is 6.30. The van der Waals surface area contributed by atoms with E-state index in [2.05, 4.69) is 56.6 Å². The van der Waals surface area contributed by atoms with E-state index < -0.39 is 0 Å². The summed E-state index contributed by atoms with van der Waals surface area (Å²) in [4.78, 5) is 12.6. The third-order valence-corrected chi connectivity index (χ3v) is 6.63. The van der Waals surface area contributed by atoms with Crippen LogP contribution in [0.25, 0.3) is 5.69 Å². The van der Waals surface area contributed by atoms with Gasteiger partial charge in [0.05, 0.1) is 6.21 Å². The first kappa shape index (κ1) is 27.5. The average Bonchev–Trinajstić information content (AvgIpc) is 3.05. The molecular weight excluding hydrogens is 470 g/mol. The molecule has 3 aromatic rings. The predicted octanol–water partition coefficient (Wildman–Crippen LogP) is 7.13. The van der Waals surface area contributed by atoms with Crippen molar-refractivity contribution < 1.29 is 9.90 Å². The SMILES string of the molecule is Cc1cc(/C=N\NC(=O)CCc2cc(C(C)(C)C)c(O)c(C(C)(C)C)c2)c(C)n1-c1ccc(Cl)cc1. The van der Waals surface area contributed by atoms with E-state index in [0.29, 0.717) is 23.6 Å². The number of aromatic hydroxyl groups is 1. The first-order chi connectivity index (χ1) is 16.7. The molecule has 1 amide bonds. The number of carbonyl (C=O) groups is 1. The molecule has 0 aliphatic carbocycles. The Bertz CT molecular complexity index is 1240. The monoisotopic (exact) mass is 507 g/mol. The number of phenolic OH excluding ortho intramolecular Hbond substituents is 1. The van der Waals surface area contributed by atoms with E-state index in [4.69, 9.17) is 11.6 Å². The Labute approximate surface area is 220 Å². The van der Waals surface area contributed by atoms with Gasteiger partial charge in [-0.1, -0.05) is 65.3 Å². The van der Waals surface area contributed by atoms with Gasteiger partial charge in [0, 0.05) is 34.1 Å². The van der Waals surface area contributed by atoms with Crippen LogP contribution < -0.4 is 5.43 Å². The number of phenols is 1. The number of aromatic nitrogens is 1. The third kappa shape index (κ3) is 6.38. The summed E-state index contributed by atoms with van der Waals surface area (Å²) in [7, 11) is 0. The van der Waals surface area contributed by atoms with Gasteiger partial charge in [0.1, 0.15) is 5.75 Å². The van der Waals surface area contributed by atoms with E-state index in [9.17, 15) is 9.90 Å². The smallest absolute Gasteiger partial charge is 0.240 e. The van der Waals surface area contributed by atoms with Gasteiger partial charge in [0.15, 0.2) is 0 Å². The lowest BCUT2D eigenvalue weighted by molar-refractivity contribution is -0.121. The highest BCUT2D eigenvalue weighted by Gasteiger charge is 2.26. The molecule has 0 fully saturated rings. The van der Waals surface area contributed by atoms with Gasteiger partial charge in [-0.3, -0.25) is 4.79 Å². The van der Waals surface area contributed by atoms with Gasteiger partial charge < -0.3 is 9.67 Å². The fraction of sp³-hybridized carbons (Fsp3) is 0.400. The number of nitrogens with zero attached hydrogens (tertiary/aromatic N) is 2. The number of nitrogens with one attached hydrogen (secondary N) is 1. The van der Waals surface area contributed by atoms with Crippen LogP contribution in [0.2, 0.25) is 5.02 Å². The zero-order chi connectivity index (χ0) is 26.8. The summed E-state index contributed by atoms with van der Waals surface area (Å²) in [6.45, 7) is 16.6. The third-order valence-electron chi connectivity index (χ3n) is 6.37. The van der Waals surface area contributed by atoms with Crippen LogP contribution in [-0.4, -0.2) is 21.8 Å². The minimum absolute atomic E-state index is 0.152. The molecule has 3 rings (SSSR count). The van der Waals surface area contributed by atoms with Crippen molar-refractivity contribution in [2.45, 2.75) is 79.1 Å². The number of benzene rings is 2. The van der Waals surface area contributed by atoms with Crippen molar-refractivity contribution in [3.63, 3.8) is 0 Å². The number of amides is 1. The Morgan fingerprint density at radius 3 is 2.08 bits per heavy atom. The second-order valence-corrected chi connectivity index (χ2v) is 11.9. The molecule has 0 atom stereocenters. The molecule has 0 aliphatic heterocycles. The Kier molecular flexibility index (Phi) is 8.04. The molecular formula is C30H38ClN3O2. The van der Waals surface area contributed by atoms with Crippen LogP contribution in [0.4, 0.5) is 0 Å². The molecule has 1 aromatic heterocycles. The first-order valence-electron chi connectivity index (χ1n) is 12.3. The molecule has 1 heterocycles. The van der Waals surface area contributed by atoms with Gasteiger partial charge in [-0.15, -0.1) is 0 Å². The van der Waals surface area contributed by atoms with Gasteiger partial charge in [-0.05, 0) is 78.1 Å². The Balaban J connectivity index is 1.70. The molecule has 2 N–H and O–H groups in total. The van der Waals surface area contributed by atoms with Crippen LogP contribution in [0.1, 0.15) is 81.6 Å². The van der Waals surface area contributed by atoms with Crippen molar-refractivity contribution in [2.24, 2.45) is 5.10 Å². The van der Waals surface area contributed by atoms with Crippen molar-refractivity contribution in [1.82, 2.24) is 9.99 Å². The van der Waals surface area contributed by atoms with E-state index >= 15 is 0 Å². The van der Waals surface area contributed by atoms with Gasteiger partial charge >= 0.3 is 0 Å². The Hall–Kier alpha value is -3.05. The summed E-state index contributed by atoms with van der Waals surface area (Å²) >= 11 is 6.03. The Morgan fingerprint density at radius 2 is 1.56 bits per heavy atom. The van der Waals surface area contributed by atoms with Crippen molar-refractivity contribution in [3.8, 4) is 11.4 Å². The lowest BCUT2D eigenvalue weighted by atomic mass is 9.78. The van der Waals surface area contributed by atoms with Crippen molar-refractivity contribution in [3.05, 3.63) is 81.1 Å². The highest BCUT2D eigenvalue weighted by atomic mass is 35.5. The molecule has 0 aliphatic rings. The van der Waals surface area contributed by atoms with Crippen molar-refractivity contribution >= 4 is 23.7 Å². The van der Waals surface area contributed by atoms with Gasteiger partial charge in [0.2, 0.25) is 5.91 Å². The molecule has 192 valence electrons. The summed E-state index contributed by atoms with van der Waals surface area (Å²) in [5.74, 6) is 0.199. The van der Waals surface area contributed by atoms with E-state index in [1.54, 1.807) is 6.21 Å². The zero-order valence-electron chi connectivity index (χ0n) is 22.7.